The van der Waals surface area contributed by atoms with E-state index in [4.69, 9.17) is 13.9 Å². The van der Waals surface area contributed by atoms with Crippen molar-refractivity contribution in [2.45, 2.75) is 64.1 Å². The number of ether oxygens (including phenoxy) is 2. The highest BCUT2D eigenvalue weighted by atomic mass is 28.4. The molecule has 0 aliphatic carbocycles. The van der Waals surface area contributed by atoms with Gasteiger partial charge < -0.3 is 13.9 Å². The van der Waals surface area contributed by atoms with Crippen LogP contribution in [-0.4, -0.2) is 43.7 Å². The lowest BCUT2D eigenvalue weighted by Gasteiger charge is -2.37. The van der Waals surface area contributed by atoms with Gasteiger partial charge in [0.05, 0.1) is 26.2 Å². The first-order chi connectivity index (χ1) is 12.4. The summed E-state index contributed by atoms with van der Waals surface area (Å²) in [7, 11) is -0.632. The third kappa shape index (κ3) is 5.17. The van der Waals surface area contributed by atoms with E-state index in [9.17, 15) is 14.4 Å². The Hall–Kier alpha value is -1.71. The minimum Gasteiger partial charge on any atom is -0.469 e. The molecule has 1 aliphatic heterocycles. The summed E-state index contributed by atoms with van der Waals surface area (Å²) < 4.78 is 18.5. The molecule has 0 saturated carbocycles. The number of nitrogens with one attached hydrogen (secondary N) is 1. The first kappa shape index (κ1) is 21.6. The van der Waals surface area contributed by atoms with Crippen LogP contribution in [0.1, 0.15) is 39.8 Å². The minimum atomic E-state index is -1.98. The summed E-state index contributed by atoms with van der Waals surface area (Å²) in [5, 5.41) is 0.0543. The largest absolute Gasteiger partial charge is 0.469 e. The lowest BCUT2D eigenvalue weighted by molar-refractivity contribution is -0.142. The Morgan fingerprint density at radius 3 is 2.59 bits per heavy atom. The van der Waals surface area contributed by atoms with Gasteiger partial charge in [-0.15, -0.1) is 0 Å². The molecule has 0 spiro atoms. The molecule has 1 N–H and O–H groups in total. The molecular weight excluding hydrogens is 368 g/mol. The molecule has 1 saturated heterocycles. The van der Waals surface area contributed by atoms with Crippen LogP contribution >= 0.6 is 0 Å². The quantitative estimate of drug-likeness (QED) is 0.581. The molecular formula is C18H30N2O6Si. The van der Waals surface area contributed by atoms with Crippen LogP contribution in [0, 0.1) is 5.92 Å². The van der Waals surface area contributed by atoms with Crippen molar-refractivity contribution in [1.29, 1.82) is 0 Å². The van der Waals surface area contributed by atoms with Crippen LogP contribution in [0.3, 0.4) is 0 Å². The van der Waals surface area contributed by atoms with E-state index in [1.54, 1.807) is 0 Å². The average Bonchev–Trinajstić information content (AvgIpc) is 2.94. The number of methoxy groups -OCH3 is 1. The van der Waals surface area contributed by atoms with Crippen molar-refractivity contribution < 1.29 is 18.7 Å². The highest BCUT2D eigenvalue weighted by Crippen LogP contribution is 2.39. The highest BCUT2D eigenvalue weighted by molar-refractivity contribution is 6.74. The van der Waals surface area contributed by atoms with Crippen LogP contribution < -0.4 is 11.2 Å². The maximum absolute atomic E-state index is 12.1. The van der Waals surface area contributed by atoms with Gasteiger partial charge in [-0.25, -0.2) is 4.79 Å². The molecule has 0 amide bonds. The van der Waals surface area contributed by atoms with Gasteiger partial charge in [-0.3, -0.25) is 19.1 Å². The van der Waals surface area contributed by atoms with Gasteiger partial charge >= 0.3 is 11.7 Å². The van der Waals surface area contributed by atoms with Crippen LogP contribution in [0.2, 0.25) is 18.1 Å². The van der Waals surface area contributed by atoms with Crippen molar-refractivity contribution in [2.24, 2.45) is 5.92 Å². The van der Waals surface area contributed by atoms with E-state index in [-0.39, 0.29) is 29.5 Å². The van der Waals surface area contributed by atoms with Gasteiger partial charge in [-0.2, -0.15) is 0 Å². The number of carbonyl (C=O) groups is 1. The van der Waals surface area contributed by atoms with Crippen LogP contribution in [0.25, 0.3) is 0 Å². The first-order valence-electron chi connectivity index (χ1n) is 9.12. The number of esters is 1. The molecule has 0 bridgehead atoms. The van der Waals surface area contributed by atoms with Crippen molar-refractivity contribution in [1.82, 2.24) is 9.55 Å². The van der Waals surface area contributed by atoms with Crippen LogP contribution in [0.4, 0.5) is 0 Å². The van der Waals surface area contributed by atoms with Gasteiger partial charge in [0.25, 0.3) is 5.56 Å². The van der Waals surface area contributed by atoms with E-state index >= 15 is 0 Å². The van der Waals surface area contributed by atoms with E-state index in [2.05, 4.69) is 38.8 Å². The second-order valence-electron chi connectivity index (χ2n) is 8.49. The molecule has 27 heavy (non-hydrogen) atoms. The van der Waals surface area contributed by atoms with Crippen LogP contribution in [0.15, 0.2) is 21.9 Å². The number of aromatic amines is 1. The normalized spacial score (nSPS) is 23.4. The summed E-state index contributed by atoms with van der Waals surface area (Å²) in [6.45, 7) is 11.1. The summed E-state index contributed by atoms with van der Waals surface area (Å²) in [6.07, 6.45) is 1.18. The maximum Gasteiger partial charge on any atom is 0.330 e. The Morgan fingerprint density at radius 1 is 1.37 bits per heavy atom. The molecule has 1 aliphatic rings. The van der Waals surface area contributed by atoms with Crippen molar-refractivity contribution in [2.75, 3.05) is 13.7 Å². The minimum absolute atomic E-state index is 0.0543. The zero-order valence-corrected chi connectivity index (χ0v) is 17.9. The van der Waals surface area contributed by atoms with Gasteiger partial charge in [-0.05, 0) is 24.6 Å². The Labute approximate surface area is 160 Å². The van der Waals surface area contributed by atoms with Crippen molar-refractivity contribution in [3.63, 3.8) is 0 Å². The predicted octanol–water partition coefficient (Wildman–Crippen LogP) is 2.03. The number of aromatic nitrogens is 2. The standard InChI is InChI=1S/C18H30N2O6Si/c1-18(2,3)27(5,6)25-11-13-12(10-16(22)24-4)9-15(26-13)20-8-7-14(21)19-17(20)23/h7-8,12-13,15H,9-11H2,1-6H3,(H,19,21,23)/t12-,13-,15-/m1/s1. The Kier molecular flexibility index (Phi) is 6.49. The van der Waals surface area contributed by atoms with Crippen LogP contribution in [0.5, 0.6) is 0 Å². The average molecular weight is 399 g/mol. The topological polar surface area (TPSA) is 99.6 Å². The molecule has 3 atom stereocenters. The van der Waals surface area contributed by atoms with Crippen molar-refractivity contribution in [3.8, 4) is 0 Å². The van der Waals surface area contributed by atoms with E-state index < -0.39 is 25.8 Å². The second kappa shape index (κ2) is 8.11. The zero-order chi connectivity index (χ0) is 20.4. The Bertz CT molecular complexity index is 779. The molecule has 8 nitrogen and oxygen atoms in total. The molecule has 152 valence electrons. The fourth-order valence-corrected chi connectivity index (χ4v) is 3.82. The van der Waals surface area contributed by atoms with Gasteiger partial charge in [0.1, 0.15) is 6.23 Å². The lowest BCUT2D eigenvalue weighted by Crippen LogP contribution is -2.43. The molecule has 2 rings (SSSR count). The van der Waals surface area contributed by atoms with Gasteiger partial charge in [-0.1, -0.05) is 20.8 Å². The smallest absolute Gasteiger partial charge is 0.330 e. The lowest BCUT2D eigenvalue weighted by atomic mass is 9.97. The van der Waals surface area contributed by atoms with E-state index in [1.807, 2.05) is 0 Å². The van der Waals surface area contributed by atoms with E-state index in [0.29, 0.717) is 13.0 Å². The van der Waals surface area contributed by atoms with E-state index in [1.165, 1.54) is 23.9 Å². The van der Waals surface area contributed by atoms with Gasteiger partial charge in [0, 0.05) is 18.2 Å². The fraction of sp³-hybridized carbons (Fsp3) is 0.722. The zero-order valence-electron chi connectivity index (χ0n) is 16.9. The molecule has 2 heterocycles. The monoisotopic (exact) mass is 398 g/mol. The molecule has 0 radical (unpaired) electrons. The number of nitrogens with zero attached hydrogens (tertiary/aromatic N) is 1. The maximum atomic E-state index is 12.1. The highest BCUT2D eigenvalue weighted by Gasteiger charge is 2.42. The predicted molar refractivity (Wildman–Crippen MR) is 103 cm³/mol. The third-order valence-electron chi connectivity index (χ3n) is 5.59. The molecule has 1 aromatic heterocycles. The number of carbonyl (C=O) groups excluding carboxylic acids is 1. The SMILES string of the molecule is COC(=O)C[C@H]1C[C@H](n2ccc(=O)[nH]c2=O)O[C@@H]1CO[Si](C)(C)C(C)(C)C. The number of H-pyrrole nitrogens is 1. The molecule has 1 aromatic rings. The summed E-state index contributed by atoms with van der Waals surface area (Å²) in [4.78, 5) is 37.4. The summed E-state index contributed by atoms with van der Waals surface area (Å²) in [5.74, 6) is -0.457. The molecule has 1 fully saturated rings. The van der Waals surface area contributed by atoms with Crippen molar-refractivity contribution in [3.05, 3.63) is 33.1 Å². The van der Waals surface area contributed by atoms with Crippen LogP contribution in [-0.2, 0) is 18.7 Å². The summed E-state index contributed by atoms with van der Waals surface area (Å²) >= 11 is 0. The Balaban J connectivity index is 2.18. The number of rotatable bonds is 6. The van der Waals surface area contributed by atoms with E-state index in [0.717, 1.165) is 0 Å². The number of hydrogen-bond donors (Lipinski definition) is 1. The summed E-state index contributed by atoms with van der Waals surface area (Å²) in [5.41, 5.74) is -0.992. The molecule has 0 aromatic carbocycles. The number of hydrogen-bond acceptors (Lipinski definition) is 6. The summed E-state index contributed by atoms with van der Waals surface area (Å²) in [6, 6.07) is 1.28. The molecule has 0 unspecified atom stereocenters. The van der Waals surface area contributed by atoms with Crippen molar-refractivity contribution >= 4 is 14.3 Å². The van der Waals surface area contributed by atoms with Gasteiger partial charge in [0.2, 0.25) is 0 Å². The molecule has 9 heteroatoms. The Morgan fingerprint density at radius 2 is 2.04 bits per heavy atom. The first-order valence-corrected chi connectivity index (χ1v) is 12.0. The van der Waals surface area contributed by atoms with Gasteiger partial charge in [0.15, 0.2) is 8.32 Å². The third-order valence-corrected chi connectivity index (χ3v) is 10.1. The second-order valence-corrected chi connectivity index (χ2v) is 13.3. The fourth-order valence-electron chi connectivity index (χ4n) is 2.81.